The van der Waals surface area contributed by atoms with Crippen molar-refractivity contribution in [2.24, 2.45) is 0 Å². The van der Waals surface area contributed by atoms with E-state index in [0.29, 0.717) is 12.1 Å². The Kier molecular flexibility index (Phi) is 11.7. The van der Waals surface area contributed by atoms with E-state index in [2.05, 4.69) is 83.9 Å². The second-order valence-corrected chi connectivity index (χ2v) is 14.8. The molecule has 0 radical (unpaired) electrons. The van der Waals surface area contributed by atoms with Crippen molar-refractivity contribution in [3.8, 4) is 11.5 Å². The van der Waals surface area contributed by atoms with Gasteiger partial charge in [0, 0.05) is 68.3 Å². The average Bonchev–Trinajstić information content (AvgIpc) is 3.14. The third kappa shape index (κ3) is 8.47. The number of rotatable bonds is 4. The van der Waals surface area contributed by atoms with Gasteiger partial charge in [0.05, 0.1) is 36.3 Å². The van der Waals surface area contributed by atoms with Crippen molar-refractivity contribution in [1.82, 2.24) is 0 Å². The van der Waals surface area contributed by atoms with E-state index in [1.807, 2.05) is 24.3 Å². The predicted molar refractivity (Wildman–Crippen MR) is 211 cm³/mol. The Balaban J connectivity index is 0.000000161. The van der Waals surface area contributed by atoms with Gasteiger partial charge in [0.15, 0.2) is 11.4 Å². The fraction of sp³-hybridized carbons (Fsp3) is 0.450. The standard InChI is InChI=1S/2C20H26N3O.H2O4S/c2*1-3-23(4-2)13-9-10-17-18(11-13)24-19-12-16(21)14-7-5-6-8-15(14)20(19)22-17;1-5(2,3)4/h2*5-8,12,17-18,22H,3-4,9-11,21H2,1-2H3;(H2,1,2,3,4)/q2*+1;/p-2. The summed E-state index contributed by atoms with van der Waals surface area (Å²) < 4.78 is 51.8. The van der Waals surface area contributed by atoms with Crippen LogP contribution in [0.15, 0.2) is 60.7 Å². The summed E-state index contributed by atoms with van der Waals surface area (Å²) >= 11 is 0. The van der Waals surface area contributed by atoms with Crippen LogP contribution in [0.1, 0.15) is 66.2 Å². The number of ether oxygens (including phenoxy) is 2. The highest BCUT2D eigenvalue weighted by Gasteiger charge is 2.39. The maximum absolute atomic E-state index is 8.52. The van der Waals surface area contributed by atoms with Crippen molar-refractivity contribution in [3.63, 3.8) is 0 Å². The van der Waals surface area contributed by atoms with Gasteiger partial charge in [-0.3, -0.25) is 8.42 Å². The zero-order valence-corrected chi connectivity index (χ0v) is 31.9. The highest BCUT2D eigenvalue weighted by molar-refractivity contribution is 7.79. The molecule has 2 saturated carbocycles. The number of nitrogens with zero attached hydrogens (tertiary/aromatic N) is 2. The van der Waals surface area contributed by atoms with Crippen LogP contribution in [0, 0.1) is 0 Å². The number of fused-ring (bicyclic) bond motifs is 8. The Morgan fingerprint density at radius 3 is 1.34 bits per heavy atom. The summed E-state index contributed by atoms with van der Waals surface area (Å²) in [4.78, 5) is 0. The molecule has 12 nitrogen and oxygen atoms in total. The quantitative estimate of drug-likeness (QED) is 0.0845. The van der Waals surface area contributed by atoms with E-state index in [1.165, 1.54) is 11.4 Å². The lowest BCUT2D eigenvalue weighted by Crippen LogP contribution is -2.47. The van der Waals surface area contributed by atoms with E-state index in [4.69, 9.17) is 38.5 Å². The predicted octanol–water partition coefficient (Wildman–Crippen LogP) is 5.94. The molecule has 0 spiro atoms. The van der Waals surface area contributed by atoms with Gasteiger partial charge in [-0.1, -0.05) is 48.5 Å². The Morgan fingerprint density at radius 2 is 1.00 bits per heavy atom. The molecule has 0 saturated heterocycles. The smallest absolute Gasteiger partial charge is 0.156 e. The van der Waals surface area contributed by atoms with E-state index in [9.17, 15) is 0 Å². The second kappa shape index (κ2) is 16.2. The van der Waals surface area contributed by atoms with E-state index >= 15 is 0 Å². The van der Waals surface area contributed by atoms with Crippen LogP contribution >= 0.6 is 0 Å². The highest BCUT2D eigenvalue weighted by Crippen LogP contribution is 2.44. The first-order chi connectivity index (χ1) is 25.4. The third-order valence-electron chi connectivity index (χ3n) is 11.0. The molecule has 0 aromatic heterocycles. The minimum Gasteiger partial charge on any atom is -0.759 e. The first-order valence-electron chi connectivity index (χ1n) is 18.8. The minimum absolute atomic E-state index is 0.197. The maximum atomic E-state index is 8.52. The molecule has 6 N–H and O–H groups in total. The Hall–Kier alpha value is -4.59. The van der Waals surface area contributed by atoms with Gasteiger partial charge in [-0.05, 0) is 40.5 Å². The summed E-state index contributed by atoms with van der Waals surface area (Å²) in [5.74, 6) is 1.79. The number of hydrogen-bond donors (Lipinski definition) is 4. The molecule has 8 rings (SSSR count). The summed E-state index contributed by atoms with van der Waals surface area (Å²) in [7, 11) is -5.17. The van der Waals surface area contributed by atoms with E-state index in [-0.39, 0.29) is 12.2 Å². The number of nitrogens with one attached hydrogen (secondary N) is 2. The van der Waals surface area contributed by atoms with Crippen molar-refractivity contribution in [2.45, 2.75) is 90.5 Å². The molecule has 4 atom stereocenters. The molecular formula is C40H52N6O6S. The van der Waals surface area contributed by atoms with E-state index in [1.54, 1.807) is 0 Å². The van der Waals surface area contributed by atoms with Gasteiger partial charge < -0.3 is 40.7 Å². The van der Waals surface area contributed by atoms with Gasteiger partial charge in [0.1, 0.15) is 49.9 Å². The van der Waals surface area contributed by atoms with Crippen molar-refractivity contribution in [1.29, 1.82) is 0 Å². The van der Waals surface area contributed by atoms with Gasteiger partial charge >= 0.3 is 0 Å². The fourth-order valence-electron chi connectivity index (χ4n) is 8.40. The number of nitrogens with two attached hydrogens (primary N) is 2. The van der Waals surface area contributed by atoms with Gasteiger partial charge in [0.2, 0.25) is 0 Å². The van der Waals surface area contributed by atoms with Gasteiger partial charge in [-0.2, -0.15) is 0 Å². The molecule has 53 heavy (non-hydrogen) atoms. The van der Waals surface area contributed by atoms with E-state index in [0.717, 1.165) is 120 Å². The molecule has 2 heterocycles. The van der Waals surface area contributed by atoms with Crippen molar-refractivity contribution < 1.29 is 36.1 Å². The van der Waals surface area contributed by atoms with Crippen LogP contribution in [0.4, 0.5) is 22.7 Å². The summed E-state index contributed by atoms with van der Waals surface area (Å²) in [6.07, 6.45) is 6.95. The van der Waals surface area contributed by atoms with Crippen LogP contribution in [0.2, 0.25) is 0 Å². The molecule has 4 aromatic carbocycles. The molecule has 2 aliphatic carbocycles. The van der Waals surface area contributed by atoms with Crippen LogP contribution in [0.3, 0.4) is 0 Å². The van der Waals surface area contributed by atoms with Gasteiger partial charge in [-0.25, -0.2) is 9.15 Å². The van der Waals surface area contributed by atoms with Crippen molar-refractivity contribution in [3.05, 3.63) is 60.7 Å². The van der Waals surface area contributed by atoms with E-state index < -0.39 is 10.4 Å². The lowest BCUT2D eigenvalue weighted by atomic mass is 9.88. The maximum Gasteiger partial charge on any atom is 0.156 e. The number of hydrogen-bond acceptors (Lipinski definition) is 10. The second-order valence-electron chi connectivity index (χ2n) is 14.0. The topological polar surface area (TPSA) is 181 Å². The van der Waals surface area contributed by atoms with Crippen LogP contribution < -0.4 is 31.6 Å². The zero-order chi connectivity index (χ0) is 37.9. The number of anilines is 4. The van der Waals surface area contributed by atoms with Crippen LogP contribution in [-0.4, -0.2) is 88.6 Å². The Bertz CT molecular complexity index is 2000. The third-order valence-corrected chi connectivity index (χ3v) is 11.0. The normalized spacial score (nSPS) is 21.3. The lowest BCUT2D eigenvalue weighted by molar-refractivity contribution is -0.523. The molecule has 4 aromatic rings. The molecule has 4 unspecified atom stereocenters. The van der Waals surface area contributed by atoms with Crippen LogP contribution in [-0.2, 0) is 10.4 Å². The molecule has 2 aliphatic heterocycles. The van der Waals surface area contributed by atoms with Gasteiger partial charge in [-0.15, -0.1) is 0 Å². The minimum atomic E-state index is -5.17. The summed E-state index contributed by atoms with van der Waals surface area (Å²) in [6.45, 7) is 13.2. The van der Waals surface area contributed by atoms with Crippen LogP contribution in [0.5, 0.6) is 11.5 Å². The lowest BCUT2D eigenvalue weighted by Gasteiger charge is -2.38. The molecular weight excluding hydrogens is 693 g/mol. The largest absolute Gasteiger partial charge is 0.759 e. The zero-order valence-electron chi connectivity index (χ0n) is 31.1. The SMILES string of the molecule is CC[N+](CC)=C1CCC2Nc3c(cc(N)c4ccccc34)OC2C1.CC[N+](CC)=C1CCC2Nc3c(cc(N)c4ccccc34)OC2C1.O=S(=O)([O-])[O-]. The van der Waals surface area contributed by atoms with Gasteiger partial charge in [0.25, 0.3) is 0 Å². The molecule has 0 bridgehead atoms. The van der Waals surface area contributed by atoms with Crippen LogP contribution in [0.25, 0.3) is 21.5 Å². The molecule has 284 valence electrons. The monoisotopic (exact) mass is 744 g/mol. The molecule has 4 aliphatic rings. The van der Waals surface area contributed by atoms with Crippen molar-refractivity contribution >= 4 is 66.1 Å². The highest BCUT2D eigenvalue weighted by atomic mass is 32.3. The molecule has 2 fully saturated rings. The Labute approximate surface area is 312 Å². The molecule has 13 heteroatoms. The number of nitrogen functional groups attached to an aromatic ring is 2. The summed E-state index contributed by atoms with van der Waals surface area (Å²) in [5.41, 5.74) is 19.3. The average molecular weight is 745 g/mol. The first kappa shape index (κ1) is 38.1. The number of benzene rings is 4. The summed E-state index contributed by atoms with van der Waals surface area (Å²) in [5, 5.41) is 12.0. The molecule has 0 amide bonds. The fourth-order valence-corrected chi connectivity index (χ4v) is 8.40. The van der Waals surface area contributed by atoms with Crippen molar-refractivity contribution in [2.75, 3.05) is 48.3 Å². The summed E-state index contributed by atoms with van der Waals surface area (Å²) in [6, 6.07) is 21.3. The Morgan fingerprint density at radius 1 is 0.660 bits per heavy atom. The first-order valence-corrected chi connectivity index (χ1v) is 20.1.